The summed E-state index contributed by atoms with van der Waals surface area (Å²) in [6.45, 7) is 6.17. The number of allylic oxidation sites excluding steroid dienone is 2. The van der Waals surface area contributed by atoms with Crippen molar-refractivity contribution in [3.8, 4) is 0 Å². The molecule has 2 aromatic carbocycles. The number of benzene rings is 2. The van der Waals surface area contributed by atoms with E-state index < -0.39 is 11.9 Å². The molecule has 1 aliphatic rings. The number of nitrogens with zero attached hydrogens (tertiary/aromatic N) is 4. The Morgan fingerprint density at radius 3 is 2.02 bits per heavy atom. The minimum atomic E-state index is -1.10. The average molecular weight is 639 g/mol. The van der Waals surface area contributed by atoms with Crippen LogP contribution in [0.5, 0.6) is 0 Å². The second-order valence-corrected chi connectivity index (χ2v) is 11.1. The van der Waals surface area contributed by atoms with Crippen molar-refractivity contribution in [2.45, 2.75) is 52.6 Å². The lowest BCUT2D eigenvalue weighted by Crippen LogP contribution is -2.37. The highest BCUT2D eigenvalue weighted by Crippen LogP contribution is 2.45. The van der Waals surface area contributed by atoms with E-state index in [1.165, 1.54) is 0 Å². The van der Waals surface area contributed by atoms with Crippen LogP contribution in [-0.4, -0.2) is 29.6 Å². The van der Waals surface area contributed by atoms with E-state index in [0.29, 0.717) is 59.1 Å². The van der Waals surface area contributed by atoms with Crippen LogP contribution >= 0.6 is 46.4 Å². The molecule has 0 N–H and O–H groups in total. The fourth-order valence-corrected chi connectivity index (χ4v) is 5.81. The maximum absolute atomic E-state index is 11.1. The largest absolute Gasteiger partial charge is 0.550 e. The predicted molar refractivity (Wildman–Crippen MR) is 160 cm³/mol. The molecule has 1 aliphatic heterocycles. The molecule has 0 saturated heterocycles. The third-order valence-corrected chi connectivity index (χ3v) is 8.40. The van der Waals surface area contributed by atoms with Gasteiger partial charge in [-0.1, -0.05) is 52.5 Å². The van der Waals surface area contributed by atoms with Gasteiger partial charge in [-0.3, -0.25) is 0 Å². The number of carbonyl (C=O) groups excluding carboxylic acids is 2. The number of rotatable bonds is 12. The summed E-state index contributed by atoms with van der Waals surface area (Å²) >= 11 is 25.4. The Bertz CT molecular complexity index is 1550. The van der Waals surface area contributed by atoms with Crippen molar-refractivity contribution >= 4 is 86.8 Å². The highest BCUT2D eigenvalue weighted by molar-refractivity contribution is 6.43. The summed E-state index contributed by atoms with van der Waals surface area (Å²) in [5.41, 5.74) is 3.42. The molecule has 4 rings (SSSR count). The van der Waals surface area contributed by atoms with Crippen LogP contribution in [0.25, 0.3) is 17.1 Å². The quantitative estimate of drug-likeness (QED) is 0.264. The van der Waals surface area contributed by atoms with Gasteiger partial charge in [-0.15, -0.1) is 0 Å². The molecule has 0 amide bonds. The van der Waals surface area contributed by atoms with Crippen LogP contribution in [0.2, 0.25) is 20.1 Å². The molecule has 12 heteroatoms. The molecule has 0 atom stereocenters. The number of halogens is 4. The molecule has 0 unspecified atom stereocenters. The van der Waals surface area contributed by atoms with Crippen molar-refractivity contribution in [1.82, 2.24) is 4.57 Å². The molecule has 1 aromatic heterocycles. The first-order valence-electron chi connectivity index (χ1n) is 13.3. The number of fused-ring (bicyclic) bond motifs is 2. The van der Waals surface area contributed by atoms with Gasteiger partial charge in [-0.05, 0) is 57.7 Å². The van der Waals surface area contributed by atoms with E-state index in [9.17, 15) is 19.8 Å². The first-order valence-corrected chi connectivity index (χ1v) is 14.8. The topological polar surface area (TPSA) is 95.6 Å². The Morgan fingerprint density at radius 1 is 0.829 bits per heavy atom. The van der Waals surface area contributed by atoms with E-state index in [1.54, 1.807) is 12.1 Å². The van der Waals surface area contributed by atoms with Gasteiger partial charge in [0.25, 0.3) is 5.82 Å². The lowest BCUT2D eigenvalue weighted by Gasteiger charge is -2.24. The van der Waals surface area contributed by atoms with E-state index in [-0.39, 0.29) is 12.8 Å². The summed E-state index contributed by atoms with van der Waals surface area (Å²) in [5, 5.41) is 23.9. The molecule has 218 valence electrons. The van der Waals surface area contributed by atoms with Crippen LogP contribution in [0.3, 0.4) is 0 Å². The number of imidazole rings is 1. The predicted octanol–water partition coefficient (Wildman–Crippen LogP) is 4.82. The highest BCUT2D eigenvalue weighted by atomic mass is 35.5. The van der Waals surface area contributed by atoms with Crippen molar-refractivity contribution in [2.75, 3.05) is 22.9 Å². The van der Waals surface area contributed by atoms with Crippen LogP contribution in [0.4, 0.5) is 11.4 Å². The molecule has 2 heterocycles. The minimum absolute atomic E-state index is 0.0734. The number of hydrogen-bond acceptors (Lipinski definition) is 6. The molecule has 8 nitrogen and oxygen atoms in total. The Balaban J connectivity index is 1.79. The van der Waals surface area contributed by atoms with Gasteiger partial charge >= 0.3 is 0 Å². The number of carboxylic acid groups (broad SMARTS) is 2. The number of aromatic nitrogens is 2. The number of carboxylic acids is 2. The van der Waals surface area contributed by atoms with Crippen LogP contribution in [-0.2, 0) is 22.7 Å². The maximum atomic E-state index is 11.1. The van der Waals surface area contributed by atoms with E-state index in [2.05, 4.69) is 9.47 Å². The number of hydrogen-bond donors (Lipinski definition) is 0. The van der Waals surface area contributed by atoms with Crippen molar-refractivity contribution in [2.24, 2.45) is 0 Å². The van der Waals surface area contributed by atoms with E-state index >= 15 is 0 Å². The summed E-state index contributed by atoms with van der Waals surface area (Å²) in [6.07, 6.45) is 6.43. The van der Waals surface area contributed by atoms with E-state index in [0.717, 1.165) is 34.1 Å². The second-order valence-electron chi connectivity index (χ2n) is 9.50. The molecule has 0 aliphatic carbocycles. The number of anilines is 2. The zero-order chi connectivity index (χ0) is 29.8. The lowest BCUT2D eigenvalue weighted by atomic mass is 10.2. The van der Waals surface area contributed by atoms with Gasteiger partial charge in [0.05, 0.1) is 44.6 Å². The molecule has 0 bridgehead atoms. The third-order valence-electron chi connectivity index (χ3n) is 6.95. The zero-order valence-corrected chi connectivity index (χ0v) is 25.7. The lowest BCUT2D eigenvalue weighted by molar-refractivity contribution is -0.674. The highest BCUT2D eigenvalue weighted by Gasteiger charge is 2.31. The molecular weight excluding hydrogens is 610 g/mol. The van der Waals surface area contributed by atoms with Gasteiger partial charge in [-0.25, -0.2) is 9.13 Å². The summed E-state index contributed by atoms with van der Waals surface area (Å²) in [7, 11) is 0. The Hall–Kier alpha value is -2.91. The first kappa shape index (κ1) is 31.0. The Kier molecular flexibility index (Phi) is 10.1. The van der Waals surface area contributed by atoms with Crippen LogP contribution < -0.4 is 24.6 Å². The third kappa shape index (κ3) is 6.61. The SMILES string of the molecule is CCN1C(=CC=Cc2n(CC)c3cc(Cl)c(Cl)cc3[n+]2CCCC(=O)[O-])N(CCCC(=O)[O-])c2cc(Cl)c(Cl)cc21. The Labute approximate surface area is 258 Å². The first-order chi connectivity index (χ1) is 19.6. The number of aryl methyl sites for hydroxylation is 2. The summed E-state index contributed by atoms with van der Waals surface area (Å²) in [6, 6.07) is 7.21. The molecule has 41 heavy (non-hydrogen) atoms. The normalized spacial score (nSPS) is 14.1. The Morgan fingerprint density at radius 2 is 1.41 bits per heavy atom. The van der Waals surface area contributed by atoms with Gasteiger partial charge in [-0.2, -0.15) is 0 Å². The monoisotopic (exact) mass is 637 g/mol. The number of aliphatic carboxylic acids is 2. The van der Waals surface area contributed by atoms with Crippen LogP contribution in [0, 0.1) is 0 Å². The summed E-state index contributed by atoms with van der Waals surface area (Å²) in [5.74, 6) is -0.535. The number of carbonyl (C=O) groups is 2. The van der Waals surface area contributed by atoms with Gasteiger partial charge in [0, 0.05) is 43.2 Å². The molecule has 0 fully saturated rings. The zero-order valence-electron chi connectivity index (χ0n) is 22.6. The van der Waals surface area contributed by atoms with Crippen molar-refractivity contribution < 1.29 is 24.4 Å². The smallest absolute Gasteiger partial charge is 0.282 e. The van der Waals surface area contributed by atoms with Gasteiger partial charge in [0.15, 0.2) is 11.0 Å². The molecule has 0 saturated carbocycles. The molecule has 0 spiro atoms. The van der Waals surface area contributed by atoms with Crippen molar-refractivity contribution in [1.29, 1.82) is 0 Å². The molecular formula is C29H29Cl4N4O4-. The van der Waals surface area contributed by atoms with Crippen molar-refractivity contribution in [3.63, 3.8) is 0 Å². The molecule has 3 aromatic rings. The average Bonchev–Trinajstić information content (AvgIpc) is 3.34. The van der Waals surface area contributed by atoms with Crippen LogP contribution in [0.1, 0.15) is 45.4 Å². The van der Waals surface area contributed by atoms with Gasteiger partial charge in [0.1, 0.15) is 5.82 Å². The summed E-state index contributed by atoms with van der Waals surface area (Å²) < 4.78 is 4.11. The molecule has 0 radical (unpaired) electrons. The van der Waals surface area contributed by atoms with E-state index in [4.69, 9.17) is 46.4 Å². The standard InChI is InChI=1S/C29H30Cl4N4O4/c1-3-34-22-14-18(30)20(32)16-24(22)36(12-6-10-28(38)39)26(34)8-5-9-27-35(4-2)23-15-19(31)21(33)17-25(23)37(27)13-7-11-29(40)41/h5,8-9,14-17H,3-4,6-7,10-13H2,1-2H3,(H-,38,39,40,41)/p-1. The fourth-order valence-electron chi connectivity index (χ4n) is 5.18. The van der Waals surface area contributed by atoms with Gasteiger partial charge < -0.3 is 29.6 Å². The second kappa shape index (κ2) is 13.4. The van der Waals surface area contributed by atoms with Gasteiger partial charge in [0.2, 0.25) is 0 Å². The van der Waals surface area contributed by atoms with Crippen LogP contribution in [0.15, 0.2) is 42.2 Å². The minimum Gasteiger partial charge on any atom is -0.550 e. The summed E-state index contributed by atoms with van der Waals surface area (Å²) in [4.78, 5) is 26.3. The maximum Gasteiger partial charge on any atom is 0.282 e. The fraction of sp³-hybridized carbons (Fsp3) is 0.345. The van der Waals surface area contributed by atoms with Crippen molar-refractivity contribution in [3.05, 3.63) is 68.2 Å². The van der Waals surface area contributed by atoms with E-state index in [1.807, 2.05) is 53.7 Å².